The predicted octanol–water partition coefficient (Wildman–Crippen LogP) is 2.83. The van der Waals surface area contributed by atoms with E-state index in [1.54, 1.807) is 25.3 Å². The Bertz CT molecular complexity index is 573. The molecule has 2 aromatic rings. The lowest BCUT2D eigenvalue weighted by molar-refractivity contribution is 0.301. The lowest BCUT2D eigenvalue weighted by Crippen LogP contribution is -2.03. The van der Waals surface area contributed by atoms with Crippen molar-refractivity contribution in [3.8, 4) is 5.75 Å². The van der Waals surface area contributed by atoms with Gasteiger partial charge in [0.1, 0.15) is 18.2 Å². The van der Waals surface area contributed by atoms with E-state index in [9.17, 15) is 8.78 Å². The fourth-order valence-electron chi connectivity index (χ4n) is 1.51. The number of nitrogens with two attached hydrogens (primary N) is 1. The summed E-state index contributed by atoms with van der Waals surface area (Å²) in [4.78, 5) is 3.91. The van der Waals surface area contributed by atoms with Crippen LogP contribution in [0.15, 0.2) is 30.5 Å². The molecule has 0 spiro atoms. The summed E-state index contributed by atoms with van der Waals surface area (Å²) in [5.74, 6) is -1.18. The minimum Gasteiger partial charge on any atom is -0.488 e. The van der Waals surface area contributed by atoms with Gasteiger partial charge < -0.3 is 10.5 Å². The van der Waals surface area contributed by atoms with E-state index >= 15 is 0 Å². The fourth-order valence-corrected chi connectivity index (χ4v) is 1.51. The molecule has 18 heavy (non-hydrogen) atoms. The molecule has 0 saturated heterocycles. The molecule has 0 amide bonds. The van der Waals surface area contributed by atoms with Gasteiger partial charge in [0, 0.05) is 17.8 Å². The maximum absolute atomic E-state index is 13.1. The quantitative estimate of drug-likeness (QED) is 0.911. The van der Waals surface area contributed by atoms with Gasteiger partial charge in [0.2, 0.25) is 0 Å². The van der Waals surface area contributed by atoms with E-state index in [2.05, 4.69) is 4.98 Å². The van der Waals surface area contributed by atoms with Crippen molar-refractivity contribution in [1.82, 2.24) is 4.98 Å². The molecule has 0 fully saturated rings. The van der Waals surface area contributed by atoms with Gasteiger partial charge in [-0.3, -0.25) is 0 Å². The van der Waals surface area contributed by atoms with Crippen LogP contribution in [0, 0.1) is 18.6 Å². The number of rotatable bonds is 3. The zero-order valence-electron chi connectivity index (χ0n) is 9.78. The Kier molecular flexibility index (Phi) is 3.41. The second-order valence-corrected chi connectivity index (χ2v) is 3.87. The summed E-state index contributed by atoms with van der Waals surface area (Å²) in [5, 5.41) is 0. The second kappa shape index (κ2) is 5.00. The predicted molar refractivity (Wildman–Crippen MR) is 64.1 cm³/mol. The van der Waals surface area contributed by atoms with Gasteiger partial charge in [-0.25, -0.2) is 13.8 Å². The highest BCUT2D eigenvalue weighted by molar-refractivity contribution is 5.39. The number of pyridine rings is 1. The van der Waals surface area contributed by atoms with E-state index in [0.717, 1.165) is 12.1 Å². The first kappa shape index (κ1) is 12.3. The number of nitrogens with zero attached hydrogens (tertiary/aromatic N) is 1. The van der Waals surface area contributed by atoms with E-state index in [1.807, 2.05) is 0 Å². The van der Waals surface area contributed by atoms with Crippen LogP contribution in [0.5, 0.6) is 5.75 Å². The average molecular weight is 250 g/mol. The number of anilines is 1. The molecule has 1 aromatic heterocycles. The summed E-state index contributed by atoms with van der Waals surface area (Å²) in [6.45, 7) is 1.80. The standard InChI is InChI=1S/C13H12F2N2O/c1-8-5-10(14)11(15)6-12(8)18-7-9-3-2-4-17-13(9)16/h2-6H,7H2,1H3,(H2,16,17). The third kappa shape index (κ3) is 2.56. The highest BCUT2D eigenvalue weighted by Gasteiger charge is 2.08. The molecule has 5 heteroatoms. The van der Waals surface area contributed by atoms with Crippen LogP contribution in [0.3, 0.4) is 0 Å². The molecular formula is C13H12F2N2O. The van der Waals surface area contributed by atoms with Crippen LogP contribution in [0.4, 0.5) is 14.6 Å². The lowest BCUT2D eigenvalue weighted by atomic mass is 10.2. The molecule has 0 aliphatic rings. The zero-order valence-corrected chi connectivity index (χ0v) is 9.78. The van der Waals surface area contributed by atoms with Crippen LogP contribution in [-0.2, 0) is 6.61 Å². The molecule has 3 nitrogen and oxygen atoms in total. The topological polar surface area (TPSA) is 48.1 Å². The van der Waals surface area contributed by atoms with E-state index in [1.165, 1.54) is 0 Å². The summed E-state index contributed by atoms with van der Waals surface area (Å²) < 4.78 is 31.4. The normalized spacial score (nSPS) is 10.4. The molecule has 1 heterocycles. The maximum Gasteiger partial charge on any atom is 0.162 e. The van der Waals surface area contributed by atoms with E-state index in [-0.39, 0.29) is 12.4 Å². The van der Waals surface area contributed by atoms with Crippen molar-refractivity contribution in [3.05, 3.63) is 53.2 Å². The van der Waals surface area contributed by atoms with Crippen molar-refractivity contribution < 1.29 is 13.5 Å². The largest absolute Gasteiger partial charge is 0.488 e. The molecule has 94 valence electrons. The van der Waals surface area contributed by atoms with Crippen LogP contribution in [-0.4, -0.2) is 4.98 Å². The van der Waals surface area contributed by atoms with Crippen LogP contribution in [0.25, 0.3) is 0 Å². The number of aromatic nitrogens is 1. The van der Waals surface area contributed by atoms with Crippen LogP contribution in [0.1, 0.15) is 11.1 Å². The van der Waals surface area contributed by atoms with Gasteiger partial charge in [-0.1, -0.05) is 6.07 Å². The van der Waals surface area contributed by atoms with Gasteiger partial charge in [0.05, 0.1) is 0 Å². The smallest absolute Gasteiger partial charge is 0.162 e. The number of nitrogen functional groups attached to an aromatic ring is 1. The number of hydrogen-bond acceptors (Lipinski definition) is 3. The maximum atomic E-state index is 13.1. The molecule has 0 atom stereocenters. The molecule has 2 rings (SSSR count). The number of hydrogen-bond donors (Lipinski definition) is 1. The average Bonchev–Trinajstić information content (AvgIpc) is 2.34. The molecule has 0 aliphatic heterocycles. The highest BCUT2D eigenvalue weighted by atomic mass is 19.2. The molecule has 1 aromatic carbocycles. The van der Waals surface area contributed by atoms with Crippen molar-refractivity contribution in [3.63, 3.8) is 0 Å². The minimum absolute atomic E-state index is 0.158. The van der Waals surface area contributed by atoms with Gasteiger partial charge in [-0.05, 0) is 24.6 Å². The molecule has 0 unspecified atom stereocenters. The number of halogens is 2. The first-order valence-electron chi connectivity index (χ1n) is 5.35. The molecule has 0 aliphatic carbocycles. The van der Waals surface area contributed by atoms with Gasteiger partial charge >= 0.3 is 0 Å². The Morgan fingerprint density at radius 3 is 2.72 bits per heavy atom. The third-order valence-corrected chi connectivity index (χ3v) is 2.53. The van der Waals surface area contributed by atoms with Crippen molar-refractivity contribution in [2.45, 2.75) is 13.5 Å². The fraction of sp³-hybridized carbons (Fsp3) is 0.154. The first-order valence-corrected chi connectivity index (χ1v) is 5.35. The molecule has 0 bridgehead atoms. The van der Waals surface area contributed by atoms with Crippen molar-refractivity contribution in [2.24, 2.45) is 0 Å². The van der Waals surface area contributed by atoms with Crippen molar-refractivity contribution >= 4 is 5.82 Å². The van der Waals surface area contributed by atoms with Gasteiger partial charge in [-0.2, -0.15) is 0 Å². The Morgan fingerprint density at radius 1 is 1.28 bits per heavy atom. The molecule has 2 N–H and O–H groups in total. The van der Waals surface area contributed by atoms with Crippen molar-refractivity contribution in [2.75, 3.05) is 5.73 Å². The Labute approximate surface area is 103 Å². The highest BCUT2D eigenvalue weighted by Crippen LogP contribution is 2.23. The van der Waals surface area contributed by atoms with E-state index in [0.29, 0.717) is 16.9 Å². The van der Waals surface area contributed by atoms with Gasteiger partial charge in [0.25, 0.3) is 0 Å². The zero-order chi connectivity index (χ0) is 13.1. The molecule has 0 saturated carbocycles. The SMILES string of the molecule is Cc1cc(F)c(F)cc1OCc1cccnc1N. The first-order chi connectivity index (χ1) is 8.58. The second-order valence-electron chi connectivity index (χ2n) is 3.87. The number of ether oxygens (including phenoxy) is 1. The Morgan fingerprint density at radius 2 is 2.00 bits per heavy atom. The van der Waals surface area contributed by atoms with Gasteiger partial charge in [-0.15, -0.1) is 0 Å². The number of aryl methyl sites for hydroxylation is 1. The van der Waals surface area contributed by atoms with Gasteiger partial charge in [0.15, 0.2) is 11.6 Å². The monoisotopic (exact) mass is 250 g/mol. The summed E-state index contributed by atoms with van der Waals surface area (Å²) in [6.07, 6.45) is 1.57. The third-order valence-electron chi connectivity index (χ3n) is 2.53. The minimum atomic E-state index is -0.935. The summed E-state index contributed by atoms with van der Waals surface area (Å²) in [7, 11) is 0. The van der Waals surface area contributed by atoms with Crippen LogP contribution in [0.2, 0.25) is 0 Å². The van der Waals surface area contributed by atoms with Crippen molar-refractivity contribution in [1.29, 1.82) is 0 Å². The summed E-state index contributed by atoms with van der Waals surface area (Å²) >= 11 is 0. The Balaban J connectivity index is 2.16. The lowest BCUT2D eigenvalue weighted by Gasteiger charge is -2.10. The molecular weight excluding hydrogens is 238 g/mol. The summed E-state index contributed by atoms with van der Waals surface area (Å²) in [6, 6.07) is 5.61. The van der Waals surface area contributed by atoms with E-state index < -0.39 is 11.6 Å². The van der Waals surface area contributed by atoms with E-state index in [4.69, 9.17) is 10.5 Å². The van der Waals surface area contributed by atoms with Crippen LogP contribution >= 0.6 is 0 Å². The Hall–Kier alpha value is -2.17. The number of benzene rings is 1. The summed E-state index contributed by atoms with van der Waals surface area (Å²) in [5.41, 5.74) is 6.87. The van der Waals surface area contributed by atoms with Crippen LogP contribution < -0.4 is 10.5 Å². The molecule has 0 radical (unpaired) electrons.